The molecule has 1 aromatic rings. The first kappa shape index (κ1) is 18.7. The average Bonchev–Trinajstić information content (AvgIpc) is 2.41. The van der Waals surface area contributed by atoms with Crippen LogP contribution in [-0.2, 0) is 9.59 Å². The van der Waals surface area contributed by atoms with Crippen molar-refractivity contribution in [3.8, 4) is 0 Å². The molecule has 0 bridgehead atoms. The molecule has 0 radical (unpaired) electrons. The fraction of sp³-hybridized carbons (Fsp3) is 0.429. The van der Waals surface area contributed by atoms with Crippen molar-refractivity contribution in [2.45, 2.75) is 12.5 Å². The zero-order valence-electron chi connectivity index (χ0n) is 12.4. The van der Waals surface area contributed by atoms with E-state index >= 15 is 0 Å². The van der Waals surface area contributed by atoms with Gasteiger partial charge in [-0.2, -0.15) is 0 Å². The number of nitrogens with one attached hydrogen (secondary N) is 2. The van der Waals surface area contributed by atoms with E-state index in [-0.39, 0.29) is 6.42 Å². The second kappa shape index (κ2) is 8.95. The topological polar surface area (TPSA) is 81.7 Å². The van der Waals surface area contributed by atoms with Crippen LogP contribution < -0.4 is 10.6 Å². The van der Waals surface area contributed by atoms with Gasteiger partial charge in [-0.1, -0.05) is 23.2 Å². The lowest BCUT2D eigenvalue weighted by atomic mass is 10.2. The van der Waals surface area contributed by atoms with Crippen LogP contribution >= 0.6 is 23.2 Å². The minimum absolute atomic E-state index is 0.178. The molecule has 3 N–H and O–H groups in total. The number of carbonyl (C=O) groups excluding carboxylic acids is 1. The Morgan fingerprint density at radius 2 is 1.95 bits per heavy atom. The summed E-state index contributed by atoms with van der Waals surface area (Å²) in [6.45, 7) is 1.15. The first-order valence-corrected chi connectivity index (χ1v) is 7.41. The van der Waals surface area contributed by atoms with E-state index < -0.39 is 17.9 Å². The second-order valence-corrected chi connectivity index (χ2v) is 5.84. The highest BCUT2D eigenvalue weighted by atomic mass is 35.5. The molecule has 0 saturated heterocycles. The molecule has 0 saturated carbocycles. The summed E-state index contributed by atoms with van der Waals surface area (Å²) in [5, 5.41) is 15.3. The SMILES string of the molecule is CN(C)CCN[C@@H](CC(=O)Nc1ccc(Cl)c(Cl)c1)C(=O)O. The lowest BCUT2D eigenvalue weighted by molar-refractivity contribution is -0.141. The molecule has 0 unspecified atom stereocenters. The van der Waals surface area contributed by atoms with E-state index in [1.54, 1.807) is 12.1 Å². The molecule has 0 spiro atoms. The third-order valence-corrected chi connectivity index (χ3v) is 3.58. The zero-order chi connectivity index (χ0) is 16.7. The largest absolute Gasteiger partial charge is 0.480 e. The summed E-state index contributed by atoms with van der Waals surface area (Å²) < 4.78 is 0. The van der Waals surface area contributed by atoms with Crippen LogP contribution in [0.4, 0.5) is 5.69 Å². The molecule has 0 aliphatic heterocycles. The van der Waals surface area contributed by atoms with Gasteiger partial charge in [0, 0.05) is 18.8 Å². The molecule has 22 heavy (non-hydrogen) atoms. The Hall–Kier alpha value is -1.34. The molecule has 0 fully saturated rings. The Kier molecular flexibility index (Phi) is 7.61. The van der Waals surface area contributed by atoms with Gasteiger partial charge in [0.1, 0.15) is 6.04 Å². The monoisotopic (exact) mass is 347 g/mol. The Morgan fingerprint density at radius 3 is 2.50 bits per heavy atom. The Labute approximate surface area is 139 Å². The summed E-state index contributed by atoms with van der Waals surface area (Å²) >= 11 is 11.6. The number of anilines is 1. The van der Waals surface area contributed by atoms with Crippen LogP contribution in [-0.4, -0.2) is 55.1 Å². The molecule has 6 nitrogen and oxygen atoms in total. The third kappa shape index (κ3) is 6.62. The van der Waals surface area contributed by atoms with Crippen LogP contribution in [0.3, 0.4) is 0 Å². The number of hydrogen-bond acceptors (Lipinski definition) is 4. The molecule has 8 heteroatoms. The van der Waals surface area contributed by atoms with Crippen molar-refractivity contribution in [3.63, 3.8) is 0 Å². The third-order valence-electron chi connectivity index (χ3n) is 2.84. The fourth-order valence-corrected chi connectivity index (χ4v) is 1.98. The highest BCUT2D eigenvalue weighted by Crippen LogP contribution is 2.25. The van der Waals surface area contributed by atoms with Gasteiger partial charge in [-0.3, -0.25) is 9.59 Å². The number of nitrogens with zero attached hydrogens (tertiary/aromatic N) is 1. The van der Waals surface area contributed by atoms with Crippen molar-refractivity contribution >= 4 is 40.8 Å². The maximum atomic E-state index is 11.9. The standard InChI is InChI=1S/C14H19Cl2N3O3/c1-19(2)6-5-17-12(14(21)22)8-13(20)18-9-3-4-10(15)11(16)7-9/h3-4,7,12,17H,5-6,8H2,1-2H3,(H,18,20)(H,21,22)/t12-/m0/s1. The molecule has 122 valence electrons. The minimum Gasteiger partial charge on any atom is -0.480 e. The smallest absolute Gasteiger partial charge is 0.321 e. The normalized spacial score (nSPS) is 12.2. The van der Waals surface area contributed by atoms with Crippen LogP contribution in [0.2, 0.25) is 10.0 Å². The fourth-order valence-electron chi connectivity index (χ4n) is 1.68. The van der Waals surface area contributed by atoms with Crippen LogP contribution in [0.25, 0.3) is 0 Å². The number of aliphatic carboxylic acids is 1. The Balaban J connectivity index is 2.55. The predicted molar refractivity (Wildman–Crippen MR) is 87.7 cm³/mol. The number of carbonyl (C=O) groups is 2. The van der Waals surface area contributed by atoms with Crippen LogP contribution in [0.1, 0.15) is 6.42 Å². The van der Waals surface area contributed by atoms with Crippen molar-refractivity contribution in [3.05, 3.63) is 28.2 Å². The van der Waals surface area contributed by atoms with Gasteiger partial charge in [-0.15, -0.1) is 0 Å². The molecule has 1 rings (SSSR count). The van der Waals surface area contributed by atoms with E-state index in [1.807, 2.05) is 19.0 Å². The molecule has 1 atom stereocenters. The molecule has 0 aromatic heterocycles. The van der Waals surface area contributed by atoms with Crippen molar-refractivity contribution in [1.82, 2.24) is 10.2 Å². The van der Waals surface area contributed by atoms with Crippen LogP contribution in [0, 0.1) is 0 Å². The maximum absolute atomic E-state index is 11.9. The number of carboxylic acids is 1. The van der Waals surface area contributed by atoms with E-state index in [2.05, 4.69) is 10.6 Å². The maximum Gasteiger partial charge on any atom is 0.321 e. The van der Waals surface area contributed by atoms with Crippen molar-refractivity contribution in [2.75, 3.05) is 32.5 Å². The summed E-state index contributed by atoms with van der Waals surface area (Å²) in [7, 11) is 3.77. The van der Waals surface area contributed by atoms with E-state index in [1.165, 1.54) is 6.07 Å². The number of likely N-dealkylation sites (N-methyl/N-ethyl adjacent to an activating group) is 1. The summed E-state index contributed by atoms with van der Waals surface area (Å²) in [5.41, 5.74) is 0.469. The van der Waals surface area contributed by atoms with Crippen molar-refractivity contribution < 1.29 is 14.7 Å². The first-order valence-electron chi connectivity index (χ1n) is 6.65. The van der Waals surface area contributed by atoms with Gasteiger partial charge in [0.15, 0.2) is 0 Å². The van der Waals surface area contributed by atoms with E-state index in [9.17, 15) is 9.59 Å². The lowest BCUT2D eigenvalue weighted by Crippen LogP contribution is -2.42. The van der Waals surface area contributed by atoms with Crippen LogP contribution in [0.15, 0.2) is 18.2 Å². The van der Waals surface area contributed by atoms with Crippen molar-refractivity contribution in [1.29, 1.82) is 0 Å². The number of halogens is 2. The lowest BCUT2D eigenvalue weighted by Gasteiger charge is -2.16. The molecule has 0 heterocycles. The van der Waals surface area contributed by atoms with Gasteiger partial charge in [-0.25, -0.2) is 0 Å². The van der Waals surface area contributed by atoms with Gasteiger partial charge in [-0.05, 0) is 32.3 Å². The van der Waals surface area contributed by atoms with Crippen LogP contribution in [0.5, 0.6) is 0 Å². The molecule has 0 aliphatic rings. The Morgan fingerprint density at radius 1 is 1.27 bits per heavy atom. The second-order valence-electron chi connectivity index (χ2n) is 5.03. The number of hydrogen-bond donors (Lipinski definition) is 3. The number of benzene rings is 1. The summed E-state index contributed by atoms with van der Waals surface area (Å²) in [5.74, 6) is -1.48. The molecule has 1 amide bonds. The van der Waals surface area contributed by atoms with Gasteiger partial charge in [0.2, 0.25) is 5.91 Å². The zero-order valence-corrected chi connectivity index (χ0v) is 13.9. The first-order chi connectivity index (χ1) is 10.3. The quantitative estimate of drug-likeness (QED) is 0.669. The summed E-state index contributed by atoms with van der Waals surface area (Å²) in [6.07, 6.45) is -0.178. The minimum atomic E-state index is -1.07. The number of amides is 1. The van der Waals surface area contributed by atoms with Gasteiger partial charge < -0.3 is 20.6 Å². The van der Waals surface area contributed by atoms with E-state index in [4.69, 9.17) is 28.3 Å². The highest BCUT2D eigenvalue weighted by molar-refractivity contribution is 6.42. The van der Waals surface area contributed by atoms with Gasteiger partial charge in [0.05, 0.1) is 16.5 Å². The average molecular weight is 348 g/mol. The molecule has 1 aromatic carbocycles. The van der Waals surface area contributed by atoms with Gasteiger partial charge >= 0.3 is 5.97 Å². The highest BCUT2D eigenvalue weighted by Gasteiger charge is 2.20. The molecular weight excluding hydrogens is 329 g/mol. The van der Waals surface area contributed by atoms with E-state index in [0.29, 0.717) is 28.8 Å². The van der Waals surface area contributed by atoms with E-state index in [0.717, 1.165) is 0 Å². The van der Waals surface area contributed by atoms with Crippen molar-refractivity contribution in [2.24, 2.45) is 0 Å². The number of carboxylic acid groups (broad SMARTS) is 1. The summed E-state index contributed by atoms with van der Waals surface area (Å²) in [6, 6.07) is 3.73. The Bertz CT molecular complexity index is 538. The summed E-state index contributed by atoms with van der Waals surface area (Å²) in [4.78, 5) is 25.0. The predicted octanol–water partition coefficient (Wildman–Crippen LogP) is 1.93. The molecular formula is C14H19Cl2N3O3. The van der Waals surface area contributed by atoms with Gasteiger partial charge in [0.25, 0.3) is 0 Å². The molecule has 0 aliphatic carbocycles. The number of rotatable bonds is 8.